The largest absolute Gasteiger partial charge is 0.370 e. The Morgan fingerprint density at radius 2 is 2.00 bits per heavy atom. The molecule has 0 saturated carbocycles. The van der Waals surface area contributed by atoms with Crippen LogP contribution in [0.5, 0.6) is 0 Å². The van der Waals surface area contributed by atoms with Crippen LogP contribution in [0, 0.1) is 0 Å². The Hall–Kier alpha value is -1.89. The van der Waals surface area contributed by atoms with Crippen LogP contribution in [0.3, 0.4) is 0 Å². The Balaban J connectivity index is 2.09. The molecule has 1 saturated heterocycles. The highest BCUT2D eigenvalue weighted by Gasteiger charge is 2.22. The van der Waals surface area contributed by atoms with Gasteiger partial charge < -0.3 is 21.3 Å². The topological polar surface area (TPSA) is 87.5 Å². The van der Waals surface area contributed by atoms with Crippen molar-refractivity contribution in [1.82, 2.24) is 5.32 Å². The second-order valence-corrected chi connectivity index (χ2v) is 6.53. The van der Waals surface area contributed by atoms with E-state index in [0.717, 1.165) is 30.2 Å². The van der Waals surface area contributed by atoms with Crippen molar-refractivity contribution in [2.75, 3.05) is 35.3 Å². The van der Waals surface area contributed by atoms with Gasteiger partial charge in [0.2, 0.25) is 5.91 Å². The minimum Gasteiger partial charge on any atom is -0.370 e. The monoisotopic (exact) mass is 336 g/mol. The third-order valence-corrected chi connectivity index (χ3v) is 4.50. The maximum atomic E-state index is 12.5. The Morgan fingerprint density at radius 1 is 1.30 bits per heavy atom. The molecule has 0 bridgehead atoms. The predicted molar refractivity (Wildman–Crippen MR) is 96.0 cm³/mol. The summed E-state index contributed by atoms with van der Waals surface area (Å²) >= 11 is 1.62. The lowest BCUT2D eigenvalue weighted by Crippen LogP contribution is -2.46. The van der Waals surface area contributed by atoms with E-state index in [9.17, 15) is 9.59 Å². The molecule has 126 valence electrons. The molecule has 1 atom stereocenters. The van der Waals surface area contributed by atoms with Gasteiger partial charge in [0.25, 0.3) is 0 Å². The molecule has 0 unspecified atom stereocenters. The number of primary amides is 1. The van der Waals surface area contributed by atoms with Gasteiger partial charge in [-0.1, -0.05) is 12.1 Å². The van der Waals surface area contributed by atoms with E-state index in [1.165, 1.54) is 12.8 Å². The van der Waals surface area contributed by atoms with Gasteiger partial charge in [0.15, 0.2) is 0 Å². The number of nitrogens with two attached hydrogens (primary N) is 1. The first kappa shape index (κ1) is 17.5. The summed E-state index contributed by atoms with van der Waals surface area (Å²) in [7, 11) is 0. The first-order chi connectivity index (χ1) is 11.1. The third-order valence-electron chi connectivity index (χ3n) is 3.85. The second kappa shape index (κ2) is 8.67. The van der Waals surface area contributed by atoms with Crippen LogP contribution in [0.4, 0.5) is 16.2 Å². The van der Waals surface area contributed by atoms with Crippen molar-refractivity contribution in [2.45, 2.75) is 25.3 Å². The number of hydrogen-bond acceptors (Lipinski definition) is 4. The zero-order valence-corrected chi connectivity index (χ0v) is 14.2. The molecule has 0 radical (unpaired) electrons. The van der Waals surface area contributed by atoms with Gasteiger partial charge in [0.05, 0.1) is 11.4 Å². The molecule has 1 aliphatic heterocycles. The number of para-hydroxylation sites is 2. The van der Waals surface area contributed by atoms with E-state index >= 15 is 0 Å². The molecule has 1 fully saturated rings. The minimum absolute atomic E-state index is 0.232. The van der Waals surface area contributed by atoms with Gasteiger partial charge in [-0.25, -0.2) is 4.79 Å². The Morgan fingerprint density at radius 3 is 2.65 bits per heavy atom. The van der Waals surface area contributed by atoms with Crippen LogP contribution in [0.1, 0.15) is 19.3 Å². The van der Waals surface area contributed by atoms with Crippen LogP contribution >= 0.6 is 11.8 Å². The zero-order valence-electron chi connectivity index (χ0n) is 13.4. The third kappa shape index (κ3) is 5.06. The van der Waals surface area contributed by atoms with E-state index in [0.29, 0.717) is 6.42 Å². The minimum atomic E-state index is -0.681. The number of nitrogens with one attached hydrogen (secondary N) is 2. The van der Waals surface area contributed by atoms with Crippen molar-refractivity contribution in [3.8, 4) is 0 Å². The molecular formula is C16H24N4O2S. The molecule has 4 N–H and O–H groups in total. The summed E-state index contributed by atoms with van der Waals surface area (Å²) in [5.74, 6) is 0.538. The van der Waals surface area contributed by atoms with Crippen molar-refractivity contribution in [2.24, 2.45) is 5.73 Å². The Kier molecular flexibility index (Phi) is 6.58. The SMILES string of the molecule is CSCC[C@@H](NC(N)=O)C(=O)Nc1ccccc1N1CCCC1. The first-order valence-electron chi connectivity index (χ1n) is 7.81. The lowest BCUT2D eigenvalue weighted by molar-refractivity contribution is -0.117. The predicted octanol–water partition coefficient (Wildman–Crippen LogP) is 2.02. The molecule has 1 aliphatic rings. The standard InChI is InChI=1S/C16H24N4O2S/c1-23-11-8-13(19-16(17)22)15(21)18-12-6-2-3-7-14(12)20-9-4-5-10-20/h2-3,6-7,13H,4-5,8-11H2,1H3,(H,18,21)(H3,17,19,22)/t13-/m1/s1. The second-order valence-electron chi connectivity index (χ2n) is 5.54. The van der Waals surface area contributed by atoms with E-state index in [4.69, 9.17) is 5.73 Å². The van der Waals surface area contributed by atoms with Crippen LogP contribution in [0.2, 0.25) is 0 Å². The van der Waals surface area contributed by atoms with E-state index in [1.54, 1.807) is 11.8 Å². The number of carbonyl (C=O) groups is 2. The van der Waals surface area contributed by atoms with Crippen LogP contribution in [-0.2, 0) is 4.79 Å². The number of thioether (sulfide) groups is 1. The van der Waals surface area contributed by atoms with Gasteiger partial charge in [-0.05, 0) is 43.4 Å². The van der Waals surface area contributed by atoms with Crippen LogP contribution < -0.4 is 21.3 Å². The van der Waals surface area contributed by atoms with Gasteiger partial charge in [0, 0.05) is 13.1 Å². The number of anilines is 2. The highest BCUT2D eigenvalue weighted by atomic mass is 32.2. The highest BCUT2D eigenvalue weighted by Crippen LogP contribution is 2.28. The van der Waals surface area contributed by atoms with Crippen molar-refractivity contribution >= 4 is 35.1 Å². The summed E-state index contributed by atoms with van der Waals surface area (Å²) in [4.78, 5) is 25.9. The van der Waals surface area contributed by atoms with Gasteiger partial charge >= 0.3 is 6.03 Å². The molecule has 3 amide bonds. The Bertz CT molecular complexity index is 547. The van der Waals surface area contributed by atoms with E-state index < -0.39 is 12.1 Å². The number of nitrogens with zero attached hydrogens (tertiary/aromatic N) is 1. The molecule has 0 aliphatic carbocycles. The average Bonchev–Trinajstić information content (AvgIpc) is 3.05. The van der Waals surface area contributed by atoms with Gasteiger partial charge in [-0.3, -0.25) is 4.79 Å². The molecule has 1 heterocycles. The highest BCUT2D eigenvalue weighted by molar-refractivity contribution is 7.98. The number of rotatable bonds is 7. The van der Waals surface area contributed by atoms with Crippen LogP contribution in [0.15, 0.2) is 24.3 Å². The number of hydrogen-bond donors (Lipinski definition) is 3. The van der Waals surface area contributed by atoms with E-state index in [2.05, 4.69) is 15.5 Å². The molecule has 6 nitrogen and oxygen atoms in total. The average molecular weight is 336 g/mol. The van der Waals surface area contributed by atoms with Gasteiger partial charge in [-0.15, -0.1) is 0 Å². The number of carbonyl (C=O) groups excluding carboxylic acids is 2. The number of benzene rings is 1. The summed E-state index contributed by atoms with van der Waals surface area (Å²) in [6, 6.07) is 6.47. The lowest BCUT2D eigenvalue weighted by Gasteiger charge is -2.23. The fourth-order valence-corrected chi connectivity index (χ4v) is 3.18. The van der Waals surface area contributed by atoms with Crippen molar-refractivity contribution in [1.29, 1.82) is 0 Å². The van der Waals surface area contributed by atoms with Crippen molar-refractivity contribution in [3.05, 3.63) is 24.3 Å². The molecule has 7 heteroatoms. The fraction of sp³-hybridized carbons (Fsp3) is 0.500. The fourth-order valence-electron chi connectivity index (χ4n) is 2.71. The molecule has 1 aromatic carbocycles. The number of amides is 3. The summed E-state index contributed by atoms with van der Waals surface area (Å²) < 4.78 is 0. The van der Waals surface area contributed by atoms with Crippen molar-refractivity contribution in [3.63, 3.8) is 0 Å². The lowest BCUT2D eigenvalue weighted by atomic mass is 10.2. The normalized spacial score (nSPS) is 15.3. The first-order valence-corrected chi connectivity index (χ1v) is 9.21. The van der Waals surface area contributed by atoms with Crippen LogP contribution in [-0.4, -0.2) is 43.1 Å². The molecule has 0 aromatic heterocycles. The Labute approximate surface area is 141 Å². The van der Waals surface area contributed by atoms with E-state index in [1.807, 2.05) is 30.5 Å². The summed E-state index contributed by atoms with van der Waals surface area (Å²) in [5, 5.41) is 5.47. The van der Waals surface area contributed by atoms with Gasteiger partial charge in [0.1, 0.15) is 6.04 Å². The van der Waals surface area contributed by atoms with E-state index in [-0.39, 0.29) is 5.91 Å². The summed E-state index contributed by atoms with van der Waals surface area (Å²) in [6.07, 6.45) is 4.84. The smallest absolute Gasteiger partial charge is 0.312 e. The molecule has 1 aromatic rings. The zero-order chi connectivity index (χ0) is 16.7. The molecule has 23 heavy (non-hydrogen) atoms. The molecule has 2 rings (SSSR count). The summed E-state index contributed by atoms with van der Waals surface area (Å²) in [5.41, 5.74) is 6.99. The molecule has 0 spiro atoms. The maximum absolute atomic E-state index is 12.5. The maximum Gasteiger partial charge on any atom is 0.312 e. The van der Waals surface area contributed by atoms with Crippen molar-refractivity contribution < 1.29 is 9.59 Å². The molecular weight excluding hydrogens is 312 g/mol. The van der Waals surface area contributed by atoms with Gasteiger partial charge in [-0.2, -0.15) is 11.8 Å². The quantitative estimate of drug-likeness (QED) is 0.711. The van der Waals surface area contributed by atoms with Crippen LogP contribution in [0.25, 0.3) is 0 Å². The summed E-state index contributed by atoms with van der Waals surface area (Å²) in [6.45, 7) is 2.00. The number of urea groups is 1.